The van der Waals surface area contributed by atoms with Gasteiger partial charge in [0.2, 0.25) is 0 Å². The predicted octanol–water partition coefficient (Wildman–Crippen LogP) is 3.93. The van der Waals surface area contributed by atoms with Crippen LogP contribution >= 0.6 is 0 Å². The average Bonchev–Trinajstić information content (AvgIpc) is 2.85. The molecule has 0 spiro atoms. The van der Waals surface area contributed by atoms with Gasteiger partial charge in [0, 0.05) is 17.8 Å². The van der Waals surface area contributed by atoms with Crippen molar-refractivity contribution in [1.82, 2.24) is 0 Å². The third-order valence-electron chi connectivity index (χ3n) is 4.87. The number of nitrogens with zero attached hydrogens (tertiary/aromatic N) is 3. The molecule has 2 N–H and O–H groups in total. The Labute approximate surface area is 169 Å². The van der Waals surface area contributed by atoms with Crippen molar-refractivity contribution in [3.05, 3.63) is 58.9 Å². The largest absolute Gasteiger partial charge is 0.417 e. The molecular weight excluding hydrogens is 404 g/mol. The van der Waals surface area contributed by atoms with Gasteiger partial charge in [0.05, 0.1) is 22.9 Å². The molecule has 0 unspecified atom stereocenters. The summed E-state index contributed by atoms with van der Waals surface area (Å²) in [7, 11) is 0. The smallest absolute Gasteiger partial charge is 0.326 e. The number of alkyl halides is 3. The molecule has 3 amide bonds. The molecule has 3 rings (SSSR count). The Morgan fingerprint density at radius 3 is 2.27 bits per heavy atom. The van der Waals surface area contributed by atoms with Crippen LogP contribution in [0.4, 0.5) is 33.7 Å². The van der Waals surface area contributed by atoms with Gasteiger partial charge in [-0.3, -0.25) is 9.69 Å². The highest BCUT2D eigenvalue weighted by Gasteiger charge is 2.53. The molecule has 1 aliphatic heterocycles. The third-order valence-corrected chi connectivity index (χ3v) is 4.87. The Bertz CT molecular complexity index is 1090. The quantitative estimate of drug-likeness (QED) is 0.602. The van der Waals surface area contributed by atoms with Crippen LogP contribution in [0.15, 0.2) is 36.4 Å². The minimum atomic E-state index is -4.86. The van der Waals surface area contributed by atoms with Crippen LogP contribution in [0.3, 0.4) is 0 Å². The minimum absolute atomic E-state index is 0.0558. The molecule has 0 atom stereocenters. The highest BCUT2D eigenvalue weighted by atomic mass is 19.4. The lowest BCUT2D eigenvalue weighted by Crippen LogP contribution is -2.44. The number of imide groups is 1. The van der Waals surface area contributed by atoms with E-state index in [2.05, 4.69) is 0 Å². The van der Waals surface area contributed by atoms with E-state index in [1.807, 2.05) is 0 Å². The van der Waals surface area contributed by atoms with Crippen molar-refractivity contribution in [2.75, 3.05) is 9.80 Å². The highest BCUT2D eigenvalue weighted by molar-refractivity contribution is 6.30. The first-order valence-corrected chi connectivity index (χ1v) is 8.72. The van der Waals surface area contributed by atoms with Crippen molar-refractivity contribution < 1.29 is 27.2 Å². The zero-order chi connectivity index (χ0) is 22.4. The summed E-state index contributed by atoms with van der Waals surface area (Å²) in [5.41, 5.74) is 1.94. The predicted molar refractivity (Wildman–Crippen MR) is 99.9 cm³/mol. The maximum absolute atomic E-state index is 14.2. The highest BCUT2D eigenvalue weighted by Crippen LogP contribution is 2.39. The number of halogens is 4. The number of hydrogen-bond acceptors (Lipinski definition) is 4. The first kappa shape index (κ1) is 21.3. The van der Waals surface area contributed by atoms with Crippen LogP contribution in [-0.2, 0) is 17.5 Å². The fraction of sp³-hybridized carbons (Fsp3) is 0.250. The van der Waals surface area contributed by atoms with Crippen molar-refractivity contribution in [2.24, 2.45) is 5.73 Å². The summed E-state index contributed by atoms with van der Waals surface area (Å²) in [5.74, 6) is -1.48. The Hall–Kier alpha value is -3.45. The van der Waals surface area contributed by atoms with Crippen molar-refractivity contribution in [1.29, 1.82) is 5.26 Å². The van der Waals surface area contributed by atoms with E-state index in [4.69, 9.17) is 11.0 Å². The summed E-state index contributed by atoms with van der Waals surface area (Å²) in [4.78, 5) is 27.6. The summed E-state index contributed by atoms with van der Waals surface area (Å²) in [6.45, 7) is 2.73. The number of carbonyl (C=O) groups is 2. The standard InChI is InChI=1S/C20H16F4N4O2/c1-19(2)17(29)27(13-5-3-11(9-25)15(7-13)20(22,23)24)18(30)28(19)14-6-4-12(10-26)16(21)8-14/h3-8H,10,26H2,1-2H3. The maximum atomic E-state index is 14.2. The van der Waals surface area contributed by atoms with Crippen molar-refractivity contribution >= 4 is 23.3 Å². The van der Waals surface area contributed by atoms with E-state index >= 15 is 0 Å². The van der Waals surface area contributed by atoms with Crippen LogP contribution in [0.5, 0.6) is 0 Å². The monoisotopic (exact) mass is 420 g/mol. The van der Waals surface area contributed by atoms with Crippen LogP contribution in [0.2, 0.25) is 0 Å². The Kier molecular flexibility index (Phi) is 5.04. The van der Waals surface area contributed by atoms with Gasteiger partial charge in [-0.1, -0.05) is 6.07 Å². The number of benzene rings is 2. The first-order chi connectivity index (χ1) is 13.9. The van der Waals surface area contributed by atoms with E-state index in [9.17, 15) is 27.2 Å². The summed E-state index contributed by atoms with van der Waals surface area (Å²) in [5, 5.41) is 8.93. The van der Waals surface area contributed by atoms with Crippen LogP contribution in [0, 0.1) is 17.1 Å². The summed E-state index contributed by atoms with van der Waals surface area (Å²) < 4.78 is 54.1. The fourth-order valence-corrected chi connectivity index (χ4v) is 3.30. The molecule has 0 saturated carbocycles. The van der Waals surface area contributed by atoms with Crippen molar-refractivity contribution in [2.45, 2.75) is 32.1 Å². The van der Waals surface area contributed by atoms with E-state index in [0.717, 1.165) is 23.1 Å². The molecule has 1 fully saturated rings. The molecule has 156 valence electrons. The van der Waals surface area contributed by atoms with Gasteiger partial charge in [-0.25, -0.2) is 14.1 Å². The lowest BCUT2D eigenvalue weighted by atomic mass is 10.0. The zero-order valence-electron chi connectivity index (χ0n) is 15.9. The molecule has 1 aliphatic rings. The van der Waals surface area contributed by atoms with E-state index in [1.54, 1.807) is 0 Å². The van der Waals surface area contributed by atoms with Crippen molar-refractivity contribution in [3.63, 3.8) is 0 Å². The Morgan fingerprint density at radius 1 is 1.10 bits per heavy atom. The molecule has 0 radical (unpaired) electrons. The topological polar surface area (TPSA) is 90.4 Å². The second-order valence-corrected chi connectivity index (χ2v) is 7.14. The fourth-order valence-electron chi connectivity index (χ4n) is 3.30. The molecule has 30 heavy (non-hydrogen) atoms. The lowest BCUT2D eigenvalue weighted by Gasteiger charge is -2.28. The Morgan fingerprint density at radius 2 is 1.73 bits per heavy atom. The molecule has 0 aromatic heterocycles. The molecule has 0 aliphatic carbocycles. The number of carbonyl (C=O) groups excluding carboxylic acids is 2. The first-order valence-electron chi connectivity index (χ1n) is 8.72. The summed E-state index contributed by atoms with van der Waals surface area (Å²) in [6, 6.07) is 6.86. The molecule has 10 heteroatoms. The summed E-state index contributed by atoms with van der Waals surface area (Å²) in [6.07, 6.45) is -4.86. The van der Waals surface area contributed by atoms with Gasteiger partial charge in [0.1, 0.15) is 11.4 Å². The second kappa shape index (κ2) is 7.11. The molecule has 0 bridgehead atoms. The van der Waals surface area contributed by atoms with Gasteiger partial charge in [0.15, 0.2) is 0 Å². The number of nitrogens with two attached hydrogens (primary N) is 1. The maximum Gasteiger partial charge on any atom is 0.417 e. The number of hydrogen-bond donors (Lipinski definition) is 1. The molecule has 2 aromatic rings. The molecular formula is C20H16F4N4O2. The van der Waals surface area contributed by atoms with Gasteiger partial charge < -0.3 is 5.73 Å². The number of rotatable bonds is 3. The van der Waals surface area contributed by atoms with E-state index in [0.29, 0.717) is 11.0 Å². The molecule has 1 heterocycles. The van der Waals surface area contributed by atoms with Gasteiger partial charge in [-0.05, 0) is 44.2 Å². The summed E-state index contributed by atoms with van der Waals surface area (Å²) >= 11 is 0. The van der Waals surface area contributed by atoms with Crippen LogP contribution in [-0.4, -0.2) is 17.5 Å². The van der Waals surface area contributed by atoms with Crippen LogP contribution in [0.25, 0.3) is 0 Å². The van der Waals surface area contributed by atoms with E-state index in [1.165, 1.54) is 32.0 Å². The van der Waals surface area contributed by atoms with E-state index < -0.39 is 40.6 Å². The average molecular weight is 420 g/mol. The number of anilines is 2. The number of amides is 3. The van der Waals surface area contributed by atoms with Gasteiger partial charge in [0.25, 0.3) is 5.91 Å². The minimum Gasteiger partial charge on any atom is -0.326 e. The number of urea groups is 1. The SMILES string of the molecule is CC1(C)C(=O)N(c2ccc(C#N)c(C(F)(F)F)c2)C(=O)N1c1ccc(CN)c(F)c1. The molecule has 6 nitrogen and oxygen atoms in total. The molecule has 1 saturated heterocycles. The van der Waals surface area contributed by atoms with Gasteiger partial charge in [-0.15, -0.1) is 0 Å². The molecule has 2 aromatic carbocycles. The van der Waals surface area contributed by atoms with E-state index in [-0.39, 0.29) is 23.5 Å². The van der Waals surface area contributed by atoms with Gasteiger partial charge in [-0.2, -0.15) is 18.4 Å². The van der Waals surface area contributed by atoms with Gasteiger partial charge >= 0.3 is 12.2 Å². The van der Waals surface area contributed by atoms with Crippen molar-refractivity contribution in [3.8, 4) is 6.07 Å². The lowest BCUT2D eigenvalue weighted by molar-refractivity contribution is -0.137. The number of nitriles is 1. The normalized spacial score (nSPS) is 16.2. The second-order valence-electron chi connectivity index (χ2n) is 7.14. The Balaban J connectivity index is 2.11. The zero-order valence-corrected chi connectivity index (χ0v) is 15.9. The third kappa shape index (κ3) is 3.27. The van der Waals surface area contributed by atoms with Crippen LogP contribution in [0.1, 0.15) is 30.5 Å². The van der Waals surface area contributed by atoms with Crippen LogP contribution < -0.4 is 15.5 Å².